The molecule has 0 saturated carbocycles. The first-order chi connectivity index (χ1) is 15.4. The number of nitrogens with zero attached hydrogens (tertiary/aromatic N) is 1. The summed E-state index contributed by atoms with van der Waals surface area (Å²) >= 11 is 1.70. The lowest BCUT2D eigenvalue weighted by Gasteiger charge is -2.14. The third-order valence-electron chi connectivity index (χ3n) is 5.40. The maximum absolute atomic E-state index is 12.6. The van der Waals surface area contributed by atoms with E-state index in [-0.39, 0.29) is 37.1 Å². The van der Waals surface area contributed by atoms with E-state index in [2.05, 4.69) is 37.4 Å². The van der Waals surface area contributed by atoms with Crippen molar-refractivity contribution in [2.24, 2.45) is 0 Å². The Labute approximate surface area is 191 Å². The van der Waals surface area contributed by atoms with Crippen LogP contribution in [-0.4, -0.2) is 22.6 Å². The molecule has 0 unspecified atom stereocenters. The second-order valence-corrected chi connectivity index (χ2v) is 9.04. The van der Waals surface area contributed by atoms with Gasteiger partial charge in [0, 0.05) is 33.9 Å². The molecule has 1 saturated heterocycles. The lowest BCUT2D eigenvalue weighted by atomic mass is 10.1. The second kappa shape index (κ2) is 9.40. The molecular formula is C26H24N2O3S. The number of benzene rings is 3. The van der Waals surface area contributed by atoms with E-state index >= 15 is 0 Å². The Kier molecular flexibility index (Phi) is 6.42. The van der Waals surface area contributed by atoms with E-state index in [4.69, 9.17) is 0 Å². The van der Waals surface area contributed by atoms with Gasteiger partial charge < -0.3 is 5.32 Å². The minimum atomic E-state index is -0.209. The molecule has 162 valence electrons. The average Bonchev–Trinajstić information content (AvgIpc) is 3.10. The summed E-state index contributed by atoms with van der Waals surface area (Å²) in [6, 6.07) is 21.2. The van der Waals surface area contributed by atoms with Gasteiger partial charge in [-0.05, 0) is 73.0 Å². The van der Waals surface area contributed by atoms with Gasteiger partial charge in [-0.1, -0.05) is 36.0 Å². The highest BCUT2D eigenvalue weighted by molar-refractivity contribution is 7.99. The summed E-state index contributed by atoms with van der Waals surface area (Å²) in [5.74, 6) is -0.494. The van der Waals surface area contributed by atoms with Gasteiger partial charge in [-0.2, -0.15) is 0 Å². The molecule has 6 heteroatoms. The van der Waals surface area contributed by atoms with Crippen LogP contribution in [-0.2, 0) is 16.1 Å². The molecule has 0 aliphatic carbocycles. The fourth-order valence-corrected chi connectivity index (χ4v) is 4.50. The zero-order valence-corrected chi connectivity index (χ0v) is 18.9. The monoisotopic (exact) mass is 444 g/mol. The molecule has 0 bridgehead atoms. The standard InChI is InChI=1S/C26H24N2O3S/c1-17-3-4-18(2)23(15-17)32-22-11-9-21(10-12-22)27-26(31)20-7-5-19(6-8-20)16-28-24(29)13-14-25(28)30/h3-12,15H,13-14,16H2,1-2H3,(H,27,31). The van der Waals surface area contributed by atoms with Crippen LogP contribution < -0.4 is 5.32 Å². The van der Waals surface area contributed by atoms with Gasteiger partial charge >= 0.3 is 0 Å². The highest BCUT2D eigenvalue weighted by Crippen LogP contribution is 2.31. The minimum Gasteiger partial charge on any atom is -0.322 e. The number of hydrogen-bond donors (Lipinski definition) is 1. The first-order valence-corrected chi connectivity index (χ1v) is 11.3. The minimum absolute atomic E-state index is 0.143. The van der Waals surface area contributed by atoms with E-state index in [0.29, 0.717) is 5.56 Å². The van der Waals surface area contributed by atoms with Crippen molar-refractivity contribution in [3.8, 4) is 0 Å². The molecule has 3 aromatic rings. The summed E-state index contributed by atoms with van der Waals surface area (Å²) in [6.07, 6.45) is 0.558. The zero-order valence-electron chi connectivity index (χ0n) is 18.1. The maximum atomic E-state index is 12.6. The second-order valence-electron chi connectivity index (χ2n) is 7.92. The molecule has 0 spiro atoms. The maximum Gasteiger partial charge on any atom is 0.255 e. The van der Waals surface area contributed by atoms with E-state index in [0.717, 1.165) is 16.1 Å². The quantitative estimate of drug-likeness (QED) is 0.520. The van der Waals surface area contributed by atoms with E-state index in [9.17, 15) is 14.4 Å². The van der Waals surface area contributed by atoms with E-state index in [1.54, 1.807) is 36.0 Å². The number of hydrogen-bond acceptors (Lipinski definition) is 4. The predicted molar refractivity (Wildman–Crippen MR) is 126 cm³/mol. The van der Waals surface area contributed by atoms with Crippen molar-refractivity contribution in [2.75, 3.05) is 5.32 Å². The average molecular weight is 445 g/mol. The topological polar surface area (TPSA) is 66.5 Å². The molecule has 0 atom stereocenters. The molecule has 0 aromatic heterocycles. The Morgan fingerprint density at radius 2 is 1.56 bits per heavy atom. The van der Waals surface area contributed by atoms with Gasteiger partial charge in [-0.3, -0.25) is 19.3 Å². The third-order valence-corrected chi connectivity index (χ3v) is 6.56. The van der Waals surface area contributed by atoms with Gasteiger partial charge in [-0.25, -0.2) is 0 Å². The fraction of sp³-hybridized carbons (Fsp3) is 0.192. The largest absolute Gasteiger partial charge is 0.322 e. The number of amides is 3. The number of carbonyl (C=O) groups is 3. The fourth-order valence-electron chi connectivity index (χ4n) is 3.50. The SMILES string of the molecule is Cc1ccc(C)c(Sc2ccc(NC(=O)c3ccc(CN4C(=O)CCC4=O)cc3)cc2)c1. The van der Waals surface area contributed by atoms with E-state index < -0.39 is 0 Å². The Balaban J connectivity index is 1.36. The Morgan fingerprint density at radius 1 is 0.906 bits per heavy atom. The van der Waals surface area contributed by atoms with Gasteiger partial charge in [-0.15, -0.1) is 0 Å². The number of aryl methyl sites for hydroxylation is 2. The molecule has 4 rings (SSSR count). The molecular weight excluding hydrogens is 420 g/mol. The summed E-state index contributed by atoms with van der Waals surface area (Å²) < 4.78 is 0. The van der Waals surface area contributed by atoms with Crippen molar-refractivity contribution in [2.45, 2.75) is 43.0 Å². The number of likely N-dealkylation sites (tertiary alicyclic amines) is 1. The zero-order chi connectivity index (χ0) is 22.7. The molecule has 0 radical (unpaired) electrons. The molecule has 1 heterocycles. The van der Waals surface area contributed by atoms with Gasteiger partial charge in [0.25, 0.3) is 5.91 Å². The third kappa shape index (κ3) is 5.08. The number of carbonyl (C=O) groups excluding carboxylic acids is 3. The van der Waals surface area contributed by atoms with Crippen molar-refractivity contribution < 1.29 is 14.4 Å². The van der Waals surface area contributed by atoms with Crippen LogP contribution >= 0.6 is 11.8 Å². The van der Waals surface area contributed by atoms with Gasteiger partial charge in [0.15, 0.2) is 0 Å². The molecule has 1 aliphatic heterocycles. The van der Waals surface area contributed by atoms with E-state index in [1.807, 2.05) is 24.3 Å². The first kappa shape index (κ1) is 21.8. The van der Waals surface area contributed by atoms with Gasteiger partial charge in [0.1, 0.15) is 0 Å². The van der Waals surface area contributed by atoms with Crippen molar-refractivity contribution in [3.63, 3.8) is 0 Å². The summed E-state index contributed by atoms with van der Waals surface area (Å²) in [5, 5.41) is 2.91. The number of anilines is 1. The van der Waals surface area contributed by atoms with Crippen molar-refractivity contribution in [1.82, 2.24) is 4.90 Å². The van der Waals surface area contributed by atoms with Gasteiger partial charge in [0.2, 0.25) is 11.8 Å². The molecule has 32 heavy (non-hydrogen) atoms. The first-order valence-electron chi connectivity index (χ1n) is 10.5. The summed E-state index contributed by atoms with van der Waals surface area (Å²) in [4.78, 5) is 39.7. The van der Waals surface area contributed by atoms with Crippen LogP contribution in [0.2, 0.25) is 0 Å². The van der Waals surface area contributed by atoms with Gasteiger partial charge in [0.05, 0.1) is 6.54 Å². The van der Waals surface area contributed by atoms with Crippen LogP contribution in [0.4, 0.5) is 5.69 Å². The Morgan fingerprint density at radius 3 is 2.22 bits per heavy atom. The number of imide groups is 1. The smallest absolute Gasteiger partial charge is 0.255 e. The molecule has 5 nitrogen and oxygen atoms in total. The molecule has 1 N–H and O–H groups in total. The molecule has 3 aromatic carbocycles. The summed E-state index contributed by atoms with van der Waals surface area (Å²) in [7, 11) is 0. The Hall–Kier alpha value is -3.38. The summed E-state index contributed by atoms with van der Waals surface area (Å²) in [6.45, 7) is 4.43. The van der Waals surface area contributed by atoms with Crippen LogP contribution in [0.1, 0.15) is 39.9 Å². The predicted octanol–water partition coefficient (Wildman–Crippen LogP) is 5.36. The molecule has 1 fully saturated rings. The molecule has 1 aliphatic rings. The highest BCUT2D eigenvalue weighted by atomic mass is 32.2. The number of nitrogens with one attached hydrogen (secondary N) is 1. The van der Waals surface area contributed by atoms with Crippen molar-refractivity contribution >= 4 is 35.2 Å². The van der Waals surface area contributed by atoms with Crippen molar-refractivity contribution in [3.05, 3.63) is 89.0 Å². The van der Waals surface area contributed by atoms with Crippen molar-refractivity contribution in [1.29, 1.82) is 0 Å². The molecule has 3 amide bonds. The summed E-state index contributed by atoms with van der Waals surface area (Å²) in [5.41, 5.74) is 4.52. The van der Waals surface area contributed by atoms with E-state index in [1.165, 1.54) is 20.9 Å². The highest BCUT2D eigenvalue weighted by Gasteiger charge is 2.28. The normalized spacial score (nSPS) is 13.5. The van der Waals surface area contributed by atoms with Crippen LogP contribution in [0.3, 0.4) is 0 Å². The number of rotatable bonds is 6. The van der Waals surface area contributed by atoms with Crippen LogP contribution in [0.15, 0.2) is 76.5 Å². The van der Waals surface area contributed by atoms with Crippen LogP contribution in [0, 0.1) is 13.8 Å². The lowest BCUT2D eigenvalue weighted by Crippen LogP contribution is -2.28. The Bertz CT molecular complexity index is 1150. The lowest BCUT2D eigenvalue weighted by molar-refractivity contribution is -0.139. The van der Waals surface area contributed by atoms with Crippen LogP contribution in [0.25, 0.3) is 0 Å². The van der Waals surface area contributed by atoms with Crippen LogP contribution in [0.5, 0.6) is 0 Å².